The lowest BCUT2D eigenvalue weighted by Crippen LogP contribution is -2.32. The number of nitrogens with one attached hydrogen (secondary N) is 1. The largest absolute Gasteiger partial charge is 0.353 e. The van der Waals surface area contributed by atoms with Crippen molar-refractivity contribution in [2.24, 2.45) is 0 Å². The quantitative estimate of drug-likeness (QED) is 0.527. The van der Waals surface area contributed by atoms with Gasteiger partial charge in [-0.3, -0.25) is 14.5 Å². The lowest BCUT2D eigenvalue weighted by Gasteiger charge is -2.18. The van der Waals surface area contributed by atoms with Crippen LogP contribution in [-0.4, -0.2) is 27.2 Å². The van der Waals surface area contributed by atoms with Crippen LogP contribution in [-0.2, 0) is 11.3 Å². The maximum atomic E-state index is 13.0. The van der Waals surface area contributed by atoms with E-state index in [-0.39, 0.29) is 11.8 Å². The second-order valence-electron chi connectivity index (χ2n) is 6.78. The van der Waals surface area contributed by atoms with Crippen molar-refractivity contribution in [1.29, 1.82) is 0 Å². The Balaban J connectivity index is 1.42. The van der Waals surface area contributed by atoms with Crippen LogP contribution in [0.15, 0.2) is 97.6 Å². The van der Waals surface area contributed by atoms with E-state index < -0.39 is 0 Å². The Morgan fingerprint density at radius 3 is 2.17 bits per heavy atom. The molecule has 144 valence electrons. The SMILES string of the molecule is O=C(NCCn1cc(-c2cccnc2)cn1)C(c1ccccc1)c1ccccc1. The molecule has 29 heavy (non-hydrogen) atoms. The van der Waals surface area contributed by atoms with Gasteiger partial charge in [0.2, 0.25) is 5.91 Å². The van der Waals surface area contributed by atoms with Crippen LogP contribution in [0.1, 0.15) is 17.0 Å². The van der Waals surface area contributed by atoms with E-state index in [1.165, 1.54) is 0 Å². The second-order valence-corrected chi connectivity index (χ2v) is 6.78. The van der Waals surface area contributed by atoms with Gasteiger partial charge in [-0.15, -0.1) is 0 Å². The lowest BCUT2D eigenvalue weighted by atomic mass is 9.90. The number of aromatic nitrogens is 3. The fraction of sp³-hybridized carbons (Fsp3) is 0.125. The summed E-state index contributed by atoms with van der Waals surface area (Å²) in [4.78, 5) is 17.2. The van der Waals surface area contributed by atoms with Crippen LogP contribution in [0.2, 0.25) is 0 Å². The number of hydrogen-bond acceptors (Lipinski definition) is 3. The molecule has 2 aromatic heterocycles. The van der Waals surface area contributed by atoms with Crippen LogP contribution in [0.3, 0.4) is 0 Å². The molecule has 5 nitrogen and oxygen atoms in total. The van der Waals surface area contributed by atoms with E-state index in [1.807, 2.05) is 96.1 Å². The molecule has 0 atom stereocenters. The minimum atomic E-state index is -0.332. The average molecular weight is 382 g/mol. The molecule has 2 heterocycles. The molecule has 0 saturated carbocycles. The Kier molecular flexibility index (Phi) is 5.76. The van der Waals surface area contributed by atoms with Gasteiger partial charge in [-0.25, -0.2) is 0 Å². The molecule has 0 spiro atoms. The van der Waals surface area contributed by atoms with Crippen LogP contribution in [0.4, 0.5) is 0 Å². The topological polar surface area (TPSA) is 59.8 Å². The molecule has 5 heteroatoms. The molecule has 0 radical (unpaired) electrons. The lowest BCUT2D eigenvalue weighted by molar-refractivity contribution is -0.121. The maximum Gasteiger partial charge on any atom is 0.232 e. The van der Waals surface area contributed by atoms with Crippen LogP contribution in [0.25, 0.3) is 11.1 Å². The summed E-state index contributed by atoms with van der Waals surface area (Å²) in [6.07, 6.45) is 7.34. The molecule has 4 aromatic rings. The summed E-state index contributed by atoms with van der Waals surface area (Å²) in [5, 5.41) is 7.45. The zero-order valence-corrected chi connectivity index (χ0v) is 16.0. The van der Waals surface area contributed by atoms with E-state index in [4.69, 9.17) is 0 Å². The van der Waals surface area contributed by atoms with Crippen molar-refractivity contribution in [2.75, 3.05) is 6.54 Å². The van der Waals surface area contributed by atoms with Gasteiger partial charge in [0.1, 0.15) is 0 Å². The summed E-state index contributed by atoms with van der Waals surface area (Å²) in [5.74, 6) is -0.344. The van der Waals surface area contributed by atoms with Gasteiger partial charge in [0.25, 0.3) is 0 Å². The fourth-order valence-electron chi connectivity index (χ4n) is 3.35. The van der Waals surface area contributed by atoms with E-state index in [2.05, 4.69) is 15.4 Å². The van der Waals surface area contributed by atoms with Crippen molar-refractivity contribution in [2.45, 2.75) is 12.5 Å². The van der Waals surface area contributed by atoms with Gasteiger partial charge >= 0.3 is 0 Å². The number of carbonyl (C=O) groups excluding carboxylic acids is 1. The fourth-order valence-corrected chi connectivity index (χ4v) is 3.35. The number of carbonyl (C=O) groups is 1. The van der Waals surface area contributed by atoms with E-state index in [0.29, 0.717) is 13.1 Å². The normalized spacial score (nSPS) is 10.8. The summed E-state index contributed by atoms with van der Waals surface area (Å²) in [7, 11) is 0. The van der Waals surface area contributed by atoms with Crippen LogP contribution in [0.5, 0.6) is 0 Å². The van der Waals surface area contributed by atoms with E-state index >= 15 is 0 Å². The van der Waals surface area contributed by atoms with Gasteiger partial charge in [-0.05, 0) is 17.2 Å². The molecule has 0 aliphatic heterocycles. The van der Waals surface area contributed by atoms with Crippen molar-refractivity contribution in [3.8, 4) is 11.1 Å². The predicted molar refractivity (Wildman–Crippen MR) is 113 cm³/mol. The zero-order chi connectivity index (χ0) is 19.9. The maximum absolute atomic E-state index is 13.0. The average Bonchev–Trinajstić information content (AvgIpc) is 3.25. The van der Waals surface area contributed by atoms with E-state index in [0.717, 1.165) is 22.3 Å². The van der Waals surface area contributed by atoms with Gasteiger partial charge in [-0.1, -0.05) is 66.7 Å². The summed E-state index contributed by atoms with van der Waals surface area (Å²) >= 11 is 0. The molecule has 1 N–H and O–H groups in total. The van der Waals surface area contributed by atoms with Gasteiger partial charge in [-0.2, -0.15) is 5.10 Å². The third-order valence-electron chi connectivity index (χ3n) is 4.80. The van der Waals surface area contributed by atoms with Crippen molar-refractivity contribution in [1.82, 2.24) is 20.1 Å². The third-order valence-corrected chi connectivity index (χ3v) is 4.80. The Labute approximate surface area is 170 Å². The number of hydrogen-bond donors (Lipinski definition) is 1. The number of pyridine rings is 1. The molecule has 1 amide bonds. The Morgan fingerprint density at radius 2 is 1.55 bits per heavy atom. The first-order chi connectivity index (χ1) is 14.3. The first-order valence-corrected chi connectivity index (χ1v) is 9.62. The first kappa shape index (κ1) is 18.6. The van der Waals surface area contributed by atoms with Crippen molar-refractivity contribution >= 4 is 5.91 Å². The van der Waals surface area contributed by atoms with Gasteiger partial charge in [0.15, 0.2) is 0 Å². The monoisotopic (exact) mass is 382 g/mol. The third kappa shape index (κ3) is 4.58. The number of benzene rings is 2. The molecule has 0 aliphatic carbocycles. The summed E-state index contributed by atoms with van der Waals surface area (Å²) in [6.45, 7) is 1.10. The summed E-state index contributed by atoms with van der Waals surface area (Å²) in [6, 6.07) is 23.6. The first-order valence-electron chi connectivity index (χ1n) is 9.62. The predicted octanol–water partition coefficient (Wildman–Crippen LogP) is 3.89. The van der Waals surface area contributed by atoms with Gasteiger partial charge in [0.05, 0.1) is 18.7 Å². The highest BCUT2D eigenvalue weighted by Crippen LogP contribution is 2.24. The molecular weight excluding hydrogens is 360 g/mol. The Bertz CT molecular complexity index is 1010. The molecule has 0 aliphatic rings. The van der Waals surface area contributed by atoms with Crippen molar-refractivity contribution in [3.05, 3.63) is 109 Å². The van der Waals surface area contributed by atoms with Crippen LogP contribution in [0, 0.1) is 0 Å². The second kappa shape index (κ2) is 8.97. The number of amides is 1. The molecule has 0 unspecified atom stereocenters. The van der Waals surface area contributed by atoms with Crippen molar-refractivity contribution in [3.63, 3.8) is 0 Å². The van der Waals surface area contributed by atoms with E-state index in [9.17, 15) is 4.79 Å². The molecule has 0 bridgehead atoms. The highest BCUT2D eigenvalue weighted by molar-refractivity contribution is 5.87. The molecule has 0 saturated heterocycles. The minimum absolute atomic E-state index is 0.0120. The molecular formula is C24H22N4O. The van der Waals surface area contributed by atoms with Gasteiger partial charge in [0, 0.05) is 36.3 Å². The Morgan fingerprint density at radius 1 is 0.862 bits per heavy atom. The highest BCUT2D eigenvalue weighted by atomic mass is 16.1. The van der Waals surface area contributed by atoms with Gasteiger partial charge < -0.3 is 5.32 Å². The number of nitrogens with zero attached hydrogens (tertiary/aromatic N) is 3. The van der Waals surface area contributed by atoms with Crippen molar-refractivity contribution < 1.29 is 4.79 Å². The smallest absolute Gasteiger partial charge is 0.232 e. The Hall–Kier alpha value is -3.73. The van der Waals surface area contributed by atoms with Crippen LogP contribution < -0.4 is 5.32 Å². The standard InChI is InChI=1S/C24H22N4O/c29-24(23(19-8-3-1-4-9-19)20-10-5-2-6-11-20)26-14-15-28-18-22(17-27-28)21-12-7-13-25-16-21/h1-13,16-18,23H,14-15H2,(H,26,29). The van der Waals surface area contributed by atoms with Crippen LogP contribution >= 0.6 is 0 Å². The number of rotatable bonds is 7. The minimum Gasteiger partial charge on any atom is -0.353 e. The zero-order valence-electron chi connectivity index (χ0n) is 16.0. The molecule has 4 rings (SSSR count). The highest BCUT2D eigenvalue weighted by Gasteiger charge is 2.22. The molecule has 0 fully saturated rings. The molecule has 2 aromatic carbocycles. The van der Waals surface area contributed by atoms with E-state index in [1.54, 1.807) is 6.20 Å². The summed E-state index contributed by atoms with van der Waals surface area (Å²) < 4.78 is 1.84. The summed E-state index contributed by atoms with van der Waals surface area (Å²) in [5.41, 5.74) is 4.00.